The summed E-state index contributed by atoms with van der Waals surface area (Å²) in [6.07, 6.45) is 0.876. The van der Waals surface area contributed by atoms with Gasteiger partial charge in [0.1, 0.15) is 0 Å². The molecule has 0 bridgehead atoms. The molecule has 1 aromatic rings. The summed E-state index contributed by atoms with van der Waals surface area (Å²) in [6, 6.07) is 3.59. The fourth-order valence-electron chi connectivity index (χ4n) is 2.84. The van der Waals surface area contributed by atoms with Gasteiger partial charge in [0.05, 0.1) is 0 Å². The van der Waals surface area contributed by atoms with Gasteiger partial charge in [0.15, 0.2) is 11.5 Å². The quantitative estimate of drug-likeness (QED) is 0.676. The topological polar surface area (TPSA) is 72.9 Å². The van der Waals surface area contributed by atoms with Crippen molar-refractivity contribution in [2.75, 3.05) is 64.3 Å². The molecule has 2 aliphatic heterocycles. The molecule has 0 N–H and O–H groups in total. The smallest absolute Gasteiger partial charge is 0.274 e. The van der Waals surface area contributed by atoms with Crippen LogP contribution in [0.25, 0.3) is 0 Å². The average Bonchev–Trinajstić information content (AvgIpc) is 2.62. The van der Waals surface area contributed by atoms with E-state index in [9.17, 15) is 9.59 Å². The third-order valence-corrected chi connectivity index (χ3v) is 4.45. The third kappa shape index (κ3) is 3.58. The predicted octanol–water partition coefficient (Wildman–Crippen LogP) is -0.857. The van der Waals surface area contributed by atoms with Gasteiger partial charge in [0.25, 0.3) is 5.91 Å². The highest BCUT2D eigenvalue weighted by Crippen LogP contribution is 2.13. The molecule has 3 heterocycles. The van der Waals surface area contributed by atoms with Crippen molar-refractivity contribution in [2.45, 2.75) is 0 Å². The monoisotopic (exact) mass is 318 g/mol. The zero-order valence-electron chi connectivity index (χ0n) is 13.4. The standard InChI is InChI=1S/C15H22N6O2/c1-18-4-8-21(9-5-18)15(23)13-2-3-14(17-16-13)20-10-6-19(12-22)7-11-20/h2-3,12H,4-11H2,1H3. The molecule has 1 aromatic heterocycles. The molecular formula is C15H22N6O2. The van der Waals surface area contributed by atoms with Crippen molar-refractivity contribution in [3.05, 3.63) is 17.8 Å². The Hall–Kier alpha value is -2.22. The minimum atomic E-state index is -0.0528. The van der Waals surface area contributed by atoms with Gasteiger partial charge >= 0.3 is 0 Å². The van der Waals surface area contributed by atoms with E-state index in [1.165, 1.54) is 0 Å². The summed E-state index contributed by atoms with van der Waals surface area (Å²) in [7, 11) is 2.06. The van der Waals surface area contributed by atoms with Crippen LogP contribution in [0, 0.1) is 0 Å². The minimum Gasteiger partial charge on any atom is -0.352 e. The van der Waals surface area contributed by atoms with E-state index in [2.05, 4.69) is 27.0 Å². The number of amides is 2. The fraction of sp³-hybridized carbons (Fsp3) is 0.600. The molecule has 2 amide bonds. The number of hydrogen-bond donors (Lipinski definition) is 0. The highest BCUT2D eigenvalue weighted by Gasteiger charge is 2.22. The lowest BCUT2D eigenvalue weighted by atomic mass is 10.2. The van der Waals surface area contributed by atoms with Crippen molar-refractivity contribution in [1.82, 2.24) is 24.9 Å². The highest BCUT2D eigenvalue weighted by molar-refractivity contribution is 5.92. The normalized spacial score (nSPS) is 19.8. The first-order valence-corrected chi connectivity index (χ1v) is 7.93. The van der Waals surface area contributed by atoms with E-state index in [4.69, 9.17) is 0 Å². The minimum absolute atomic E-state index is 0.0528. The Bertz CT molecular complexity index is 548. The molecule has 8 nitrogen and oxygen atoms in total. The second-order valence-corrected chi connectivity index (χ2v) is 6.00. The summed E-state index contributed by atoms with van der Waals surface area (Å²) < 4.78 is 0. The van der Waals surface area contributed by atoms with Crippen molar-refractivity contribution < 1.29 is 9.59 Å². The Balaban J connectivity index is 1.61. The lowest BCUT2D eigenvalue weighted by molar-refractivity contribution is -0.118. The maximum absolute atomic E-state index is 12.4. The summed E-state index contributed by atoms with van der Waals surface area (Å²) in [4.78, 5) is 31.0. The molecular weight excluding hydrogens is 296 g/mol. The predicted molar refractivity (Wildman–Crippen MR) is 85.3 cm³/mol. The highest BCUT2D eigenvalue weighted by atomic mass is 16.2. The van der Waals surface area contributed by atoms with Gasteiger partial charge in [-0.05, 0) is 19.2 Å². The molecule has 2 fully saturated rings. The first-order valence-electron chi connectivity index (χ1n) is 7.93. The lowest BCUT2D eigenvalue weighted by Gasteiger charge is -2.33. The fourth-order valence-corrected chi connectivity index (χ4v) is 2.84. The van der Waals surface area contributed by atoms with E-state index in [-0.39, 0.29) is 5.91 Å². The van der Waals surface area contributed by atoms with Crippen LogP contribution in [0.15, 0.2) is 12.1 Å². The van der Waals surface area contributed by atoms with Crippen LogP contribution in [0.1, 0.15) is 10.5 Å². The number of nitrogens with zero attached hydrogens (tertiary/aromatic N) is 6. The van der Waals surface area contributed by atoms with Crippen LogP contribution in [-0.2, 0) is 4.79 Å². The van der Waals surface area contributed by atoms with E-state index < -0.39 is 0 Å². The maximum Gasteiger partial charge on any atom is 0.274 e. The second kappa shape index (κ2) is 6.91. The number of anilines is 1. The molecule has 124 valence electrons. The second-order valence-electron chi connectivity index (χ2n) is 6.00. The van der Waals surface area contributed by atoms with Crippen molar-refractivity contribution in [3.8, 4) is 0 Å². The summed E-state index contributed by atoms with van der Waals surface area (Å²) in [5, 5.41) is 8.30. The molecule has 0 aromatic carbocycles. The van der Waals surface area contributed by atoms with Gasteiger partial charge in [-0.3, -0.25) is 9.59 Å². The van der Waals surface area contributed by atoms with Crippen LogP contribution in [0.3, 0.4) is 0 Å². The number of rotatable bonds is 3. The Labute approximate surface area is 135 Å². The van der Waals surface area contributed by atoms with Gasteiger partial charge in [-0.25, -0.2) is 0 Å². The molecule has 23 heavy (non-hydrogen) atoms. The number of hydrogen-bond acceptors (Lipinski definition) is 6. The van der Waals surface area contributed by atoms with Crippen molar-refractivity contribution >= 4 is 18.1 Å². The molecule has 8 heteroatoms. The van der Waals surface area contributed by atoms with E-state index in [1.807, 2.05) is 11.0 Å². The summed E-state index contributed by atoms with van der Waals surface area (Å²) >= 11 is 0. The van der Waals surface area contributed by atoms with Crippen LogP contribution in [0.2, 0.25) is 0 Å². The number of aromatic nitrogens is 2. The van der Waals surface area contributed by atoms with Gasteiger partial charge in [0, 0.05) is 52.4 Å². The first-order chi connectivity index (χ1) is 11.2. The Morgan fingerprint density at radius 1 is 1.00 bits per heavy atom. The molecule has 0 spiro atoms. The third-order valence-electron chi connectivity index (χ3n) is 4.45. The van der Waals surface area contributed by atoms with Crippen LogP contribution in [0.4, 0.5) is 5.82 Å². The summed E-state index contributed by atoms with van der Waals surface area (Å²) in [6.45, 7) is 6.08. The lowest BCUT2D eigenvalue weighted by Crippen LogP contribution is -2.47. The van der Waals surface area contributed by atoms with E-state index in [0.717, 1.165) is 51.5 Å². The molecule has 0 radical (unpaired) electrons. The zero-order valence-corrected chi connectivity index (χ0v) is 13.4. The number of piperazine rings is 2. The Morgan fingerprint density at radius 3 is 2.26 bits per heavy atom. The molecule has 3 rings (SSSR count). The number of carbonyl (C=O) groups is 2. The number of likely N-dealkylation sites (N-methyl/N-ethyl adjacent to an activating group) is 1. The molecule has 0 aliphatic carbocycles. The van der Waals surface area contributed by atoms with Crippen molar-refractivity contribution in [1.29, 1.82) is 0 Å². The molecule has 0 unspecified atom stereocenters. The Kier molecular flexibility index (Phi) is 4.71. The van der Waals surface area contributed by atoms with Gasteiger partial charge in [0.2, 0.25) is 6.41 Å². The van der Waals surface area contributed by atoms with Gasteiger partial charge in [-0.1, -0.05) is 0 Å². The van der Waals surface area contributed by atoms with Crippen LogP contribution in [-0.4, -0.2) is 96.6 Å². The summed E-state index contributed by atoms with van der Waals surface area (Å²) in [5.74, 6) is 0.702. The van der Waals surface area contributed by atoms with Crippen LogP contribution < -0.4 is 4.90 Å². The Morgan fingerprint density at radius 2 is 1.70 bits per heavy atom. The van der Waals surface area contributed by atoms with Crippen molar-refractivity contribution in [2.24, 2.45) is 0 Å². The largest absolute Gasteiger partial charge is 0.352 e. The van der Waals surface area contributed by atoms with Gasteiger partial charge in [-0.15, -0.1) is 10.2 Å². The van der Waals surface area contributed by atoms with E-state index in [1.54, 1.807) is 11.0 Å². The maximum atomic E-state index is 12.4. The summed E-state index contributed by atoms with van der Waals surface area (Å²) in [5.41, 5.74) is 0.393. The molecule has 0 atom stereocenters. The SMILES string of the molecule is CN1CCN(C(=O)c2ccc(N3CCN(C=O)CC3)nn2)CC1. The van der Waals surface area contributed by atoms with E-state index in [0.29, 0.717) is 18.8 Å². The van der Waals surface area contributed by atoms with Crippen LogP contribution >= 0.6 is 0 Å². The van der Waals surface area contributed by atoms with Crippen molar-refractivity contribution in [3.63, 3.8) is 0 Å². The molecule has 2 saturated heterocycles. The molecule has 0 saturated carbocycles. The van der Waals surface area contributed by atoms with Gasteiger partial charge in [-0.2, -0.15) is 0 Å². The van der Waals surface area contributed by atoms with E-state index >= 15 is 0 Å². The first kappa shape index (κ1) is 15.7. The average molecular weight is 318 g/mol. The van der Waals surface area contributed by atoms with Gasteiger partial charge < -0.3 is 19.6 Å². The zero-order chi connectivity index (χ0) is 16.2. The van der Waals surface area contributed by atoms with Crippen LogP contribution in [0.5, 0.6) is 0 Å². The number of carbonyl (C=O) groups excluding carboxylic acids is 2. The molecule has 2 aliphatic rings.